The first kappa shape index (κ1) is 26.7. The van der Waals surface area contributed by atoms with E-state index in [1.54, 1.807) is 23.1 Å². The van der Waals surface area contributed by atoms with Crippen molar-refractivity contribution in [2.45, 2.75) is 13.8 Å². The van der Waals surface area contributed by atoms with E-state index < -0.39 is 0 Å². The maximum Gasteiger partial charge on any atom is 0.169 e. The monoisotopic (exact) mass is 620 g/mol. The van der Waals surface area contributed by atoms with Gasteiger partial charge < -0.3 is 14.9 Å². The molecule has 0 atom stereocenters. The minimum Gasteiger partial charge on any atom is -0.391 e. The highest BCUT2D eigenvalue weighted by Crippen LogP contribution is 2.47. The molecule has 40 heavy (non-hydrogen) atoms. The van der Waals surface area contributed by atoms with E-state index in [1.807, 2.05) is 34.9 Å². The number of aliphatic imine (C=N–C) groups is 2. The van der Waals surface area contributed by atoms with Gasteiger partial charge in [0.2, 0.25) is 0 Å². The van der Waals surface area contributed by atoms with Crippen LogP contribution in [0.15, 0.2) is 66.3 Å². The molecule has 10 heteroatoms. The van der Waals surface area contributed by atoms with E-state index in [0.29, 0.717) is 0 Å². The zero-order valence-corrected chi connectivity index (χ0v) is 26.5. The summed E-state index contributed by atoms with van der Waals surface area (Å²) in [4.78, 5) is 14.7. The van der Waals surface area contributed by atoms with Crippen LogP contribution in [0.25, 0.3) is 31.6 Å². The number of aliphatic hydroxyl groups excluding tert-OH is 1. The van der Waals surface area contributed by atoms with Gasteiger partial charge in [-0.05, 0) is 101 Å². The summed E-state index contributed by atoms with van der Waals surface area (Å²) < 4.78 is 4.06. The van der Waals surface area contributed by atoms with Crippen LogP contribution in [-0.4, -0.2) is 64.3 Å². The van der Waals surface area contributed by atoms with Gasteiger partial charge in [0.1, 0.15) is 0 Å². The van der Waals surface area contributed by atoms with Crippen molar-refractivity contribution in [3.05, 3.63) is 78.6 Å². The second-order valence-corrected chi connectivity index (χ2v) is 14.9. The third kappa shape index (κ3) is 4.53. The lowest BCUT2D eigenvalue weighted by Gasteiger charge is -2.18. The average molecular weight is 621 g/mol. The Bertz CT molecular complexity index is 1650. The van der Waals surface area contributed by atoms with Crippen molar-refractivity contribution < 1.29 is 5.11 Å². The maximum absolute atomic E-state index is 9.64. The lowest BCUT2D eigenvalue weighted by Crippen LogP contribution is -2.20. The molecule has 0 aliphatic carbocycles. The molecular formula is C30H28N4OS5. The second-order valence-electron chi connectivity index (χ2n) is 9.86. The number of benzene rings is 2. The Morgan fingerprint density at radius 1 is 0.800 bits per heavy atom. The molecular weight excluding hydrogens is 593 g/mol. The van der Waals surface area contributed by atoms with Crippen molar-refractivity contribution in [2.24, 2.45) is 9.98 Å². The van der Waals surface area contributed by atoms with Gasteiger partial charge in [0.05, 0.1) is 35.3 Å². The van der Waals surface area contributed by atoms with Crippen molar-refractivity contribution >= 4 is 99.9 Å². The highest BCUT2D eigenvalue weighted by Gasteiger charge is 2.34. The van der Waals surface area contributed by atoms with Gasteiger partial charge in [0, 0.05) is 38.5 Å². The third-order valence-electron chi connectivity index (χ3n) is 7.43. The van der Waals surface area contributed by atoms with Crippen LogP contribution in [0.1, 0.15) is 22.3 Å². The van der Waals surface area contributed by atoms with Gasteiger partial charge in [-0.2, -0.15) is 0 Å². The van der Waals surface area contributed by atoms with E-state index in [1.165, 1.54) is 57.5 Å². The lowest BCUT2D eigenvalue weighted by atomic mass is 10.0. The van der Waals surface area contributed by atoms with Crippen molar-refractivity contribution in [3.63, 3.8) is 0 Å². The normalized spacial score (nSPS) is 18.1. The molecule has 4 aromatic rings. The molecule has 2 aromatic carbocycles. The van der Waals surface area contributed by atoms with E-state index in [0.717, 1.165) is 41.9 Å². The number of nitrogens with zero attached hydrogens (tertiary/aromatic N) is 4. The van der Waals surface area contributed by atoms with E-state index in [-0.39, 0.29) is 6.61 Å². The number of hydrogen-bond acceptors (Lipinski definition) is 10. The number of hydrogen-bond donors (Lipinski definition) is 1. The summed E-state index contributed by atoms with van der Waals surface area (Å²) in [6, 6.07) is 13.5. The number of thioether (sulfide) groups is 3. The van der Waals surface area contributed by atoms with Gasteiger partial charge in [-0.15, -0.1) is 34.4 Å². The Labute approximate surface area is 254 Å². The van der Waals surface area contributed by atoms with Crippen LogP contribution in [0.3, 0.4) is 0 Å². The van der Waals surface area contributed by atoms with Crippen molar-refractivity contribution in [3.8, 4) is 0 Å². The predicted octanol–water partition coefficient (Wildman–Crippen LogP) is 7.91. The van der Waals surface area contributed by atoms with Crippen molar-refractivity contribution in [1.29, 1.82) is 0 Å². The molecule has 204 valence electrons. The van der Waals surface area contributed by atoms with Crippen LogP contribution < -0.4 is 0 Å². The van der Waals surface area contributed by atoms with Gasteiger partial charge >= 0.3 is 0 Å². The van der Waals surface area contributed by atoms with Crippen LogP contribution in [-0.2, 0) is 0 Å². The minimum absolute atomic E-state index is 0.0804. The molecule has 0 saturated heterocycles. The topological polar surface area (TPSA) is 51.4 Å². The minimum atomic E-state index is 0.0804. The molecule has 0 fully saturated rings. The smallest absolute Gasteiger partial charge is 0.169 e. The number of aliphatic hydroxyl groups is 1. The quantitative estimate of drug-likeness (QED) is 0.250. The molecule has 0 amide bonds. The molecule has 6 heterocycles. The lowest BCUT2D eigenvalue weighted by molar-refractivity contribution is 0.339. The molecule has 0 spiro atoms. The number of fused-ring (bicyclic) bond motifs is 4. The Morgan fingerprint density at radius 2 is 1.35 bits per heavy atom. The van der Waals surface area contributed by atoms with Gasteiger partial charge in [-0.1, -0.05) is 11.8 Å². The summed E-state index contributed by atoms with van der Waals surface area (Å²) >= 11 is 8.85. The molecule has 0 radical (unpaired) electrons. The standard InChI is InChI=1S/C15H14N2OS2.C15H14N2S3/c1-9-6-10(7-12-11(9)2-5-19-12)14-13(8-18)20-15-16-3-4-17(14)15;1-9-7-10(8-12-11(9)3-6-19-12)13-14(18-2)20-15-16-4-5-17(13)15/h2,5-7,18H,3-4,8H2,1H3;3,6-8H,4-5H2,1-2H3. The predicted molar refractivity (Wildman–Crippen MR) is 181 cm³/mol. The SMILES string of the molecule is CSC1=C(c2cc(C)c3ccsc3c2)N2CCN=C2S1.Cc1cc(C2=C(CO)SC3=NCCN32)cc2sccc12. The fourth-order valence-electron chi connectivity index (χ4n) is 5.61. The van der Waals surface area contributed by atoms with Crippen LogP contribution >= 0.6 is 58.0 Å². The molecule has 0 bridgehead atoms. The molecule has 4 aliphatic heterocycles. The summed E-state index contributed by atoms with van der Waals surface area (Å²) in [5, 5.41) is 18.9. The van der Waals surface area contributed by atoms with E-state index in [9.17, 15) is 5.11 Å². The highest BCUT2D eigenvalue weighted by molar-refractivity contribution is 8.30. The largest absolute Gasteiger partial charge is 0.391 e. The van der Waals surface area contributed by atoms with Gasteiger partial charge in [-0.25, -0.2) is 0 Å². The second kappa shape index (κ2) is 10.9. The first-order valence-electron chi connectivity index (χ1n) is 13.1. The molecule has 2 aromatic heterocycles. The highest BCUT2D eigenvalue weighted by atomic mass is 32.2. The first-order valence-corrected chi connectivity index (χ1v) is 17.8. The van der Waals surface area contributed by atoms with Gasteiger partial charge in [-0.3, -0.25) is 9.98 Å². The first-order chi connectivity index (χ1) is 19.6. The maximum atomic E-state index is 9.64. The number of rotatable bonds is 4. The summed E-state index contributed by atoms with van der Waals surface area (Å²) in [5.74, 6) is 0. The molecule has 5 nitrogen and oxygen atoms in total. The van der Waals surface area contributed by atoms with Crippen molar-refractivity contribution in [2.75, 3.05) is 39.0 Å². The summed E-state index contributed by atoms with van der Waals surface area (Å²) in [7, 11) is 0. The fraction of sp³-hybridized carbons (Fsp3) is 0.267. The Morgan fingerprint density at radius 3 is 1.93 bits per heavy atom. The fourth-order valence-corrected chi connectivity index (χ4v) is 10.4. The molecule has 4 aliphatic rings. The number of thiophene rings is 2. The van der Waals surface area contributed by atoms with Crippen LogP contribution in [0.4, 0.5) is 0 Å². The summed E-state index contributed by atoms with van der Waals surface area (Å²) in [6.07, 6.45) is 2.15. The zero-order valence-electron chi connectivity index (χ0n) is 22.4. The van der Waals surface area contributed by atoms with Crippen molar-refractivity contribution in [1.82, 2.24) is 9.80 Å². The van der Waals surface area contributed by atoms with Crippen LogP contribution in [0.5, 0.6) is 0 Å². The van der Waals surface area contributed by atoms with Crippen LogP contribution in [0, 0.1) is 13.8 Å². The summed E-state index contributed by atoms with van der Waals surface area (Å²) in [6.45, 7) is 8.15. The number of aryl methyl sites for hydroxylation is 2. The van der Waals surface area contributed by atoms with E-state index in [2.05, 4.69) is 87.0 Å². The summed E-state index contributed by atoms with van der Waals surface area (Å²) in [5.41, 5.74) is 7.69. The van der Waals surface area contributed by atoms with E-state index in [4.69, 9.17) is 0 Å². The average Bonchev–Trinajstić information content (AvgIpc) is 3.77. The molecule has 8 rings (SSSR count). The van der Waals surface area contributed by atoms with E-state index >= 15 is 0 Å². The Hall–Kier alpha value is -2.21. The Kier molecular flexibility index (Phi) is 7.26. The van der Waals surface area contributed by atoms with Gasteiger partial charge in [0.25, 0.3) is 0 Å². The molecule has 0 saturated carbocycles. The zero-order chi connectivity index (χ0) is 27.4. The molecule has 0 unspecified atom stereocenters. The molecule has 1 N–H and O–H groups in total. The van der Waals surface area contributed by atoms with Gasteiger partial charge in [0.15, 0.2) is 10.3 Å². The Balaban J connectivity index is 0.000000132. The number of amidine groups is 2. The third-order valence-corrected chi connectivity index (χ3v) is 12.5. The van der Waals surface area contributed by atoms with Crippen LogP contribution in [0.2, 0.25) is 0 Å².